The van der Waals surface area contributed by atoms with Crippen LogP contribution in [0.15, 0.2) is 24.3 Å². The van der Waals surface area contributed by atoms with E-state index in [0.29, 0.717) is 6.42 Å². The van der Waals surface area contributed by atoms with E-state index >= 15 is 0 Å². The number of nitrogens with zero attached hydrogens (tertiary/aromatic N) is 2. The van der Waals surface area contributed by atoms with Crippen LogP contribution < -0.4 is 5.32 Å². The van der Waals surface area contributed by atoms with E-state index in [2.05, 4.69) is 10.4 Å². The molecule has 4 nitrogen and oxygen atoms in total. The van der Waals surface area contributed by atoms with Crippen molar-refractivity contribution in [3.63, 3.8) is 0 Å². The van der Waals surface area contributed by atoms with Crippen LogP contribution in [0.1, 0.15) is 25.5 Å². The third-order valence-electron chi connectivity index (χ3n) is 4.15. The standard InChI is InChI=1S/C15H19N3O/c1-15(8-5-9-16-15)14(19)10-12-11-6-3-4-7-13(11)18(2)17-12/h3-4,6-7,16H,5,8-10H2,1-2H3. The second-order valence-corrected chi connectivity index (χ2v) is 5.55. The molecule has 0 bridgehead atoms. The summed E-state index contributed by atoms with van der Waals surface area (Å²) in [6.45, 7) is 2.94. The molecule has 1 N–H and O–H groups in total. The first-order valence-corrected chi connectivity index (χ1v) is 6.79. The SMILES string of the molecule is Cn1nc(CC(=O)C2(C)CCCN2)c2ccccc21. The molecule has 0 aliphatic carbocycles. The van der Waals surface area contributed by atoms with Gasteiger partial charge in [0.05, 0.1) is 23.2 Å². The fourth-order valence-corrected chi connectivity index (χ4v) is 2.90. The Kier molecular flexibility index (Phi) is 2.90. The molecule has 1 unspecified atom stereocenters. The number of hydrogen-bond acceptors (Lipinski definition) is 3. The topological polar surface area (TPSA) is 46.9 Å². The molecule has 2 heterocycles. The van der Waals surface area contributed by atoms with Crippen LogP contribution in [0.2, 0.25) is 0 Å². The molecule has 1 saturated heterocycles. The molecular weight excluding hydrogens is 238 g/mol. The summed E-state index contributed by atoms with van der Waals surface area (Å²) in [6, 6.07) is 8.06. The Balaban J connectivity index is 1.91. The summed E-state index contributed by atoms with van der Waals surface area (Å²) in [6.07, 6.45) is 2.41. The van der Waals surface area contributed by atoms with Gasteiger partial charge in [-0.3, -0.25) is 9.48 Å². The highest BCUT2D eigenvalue weighted by Gasteiger charge is 2.35. The number of hydrogen-bond donors (Lipinski definition) is 1. The van der Waals surface area contributed by atoms with Gasteiger partial charge in [-0.1, -0.05) is 18.2 Å². The molecule has 100 valence electrons. The average molecular weight is 257 g/mol. The summed E-state index contributed by atoms with van der Waals surface area (Å²) in [4.78, 5) is 12.5. The van der Waals surface area contributed by atoms with Crippen LogP contribution in [0.4, 0.5) is 0 Å². The summed E-state index contributed by atoms with van der Waals surface area (Å²) in [5.74, 6) is 0.244. The zero-order valence-corrected chi connectivity index (χ0v) is 11.4. The molecule has 2 aromatic rings. The van der Waals surface area contributed by atoms with E-state index in [1.807, 2.05) is 42.9 Å². The van der Waals surface area contributed by atoms with Crippen molar-refractivity contribution in [3.05, 3.63) is 30.0 Å². The molecule has 1 fully saturated rings. The molecule has 1 atom stereocenters. The van der Waals surface area contributed by atoms with Crippen molar-refractivity contribution in [1.29, 1.82) is 0 Å². The molecule has 0 spiro atoms. The Morgan fingerprint density at radius 1 is 1.47 bits per heavy atom. The van der Waals surface area contributed by atoms with Gasteiger partial charge in [0.2, 0.25) is 0 Å². The Morgan fingerprint density at radius 3 is 3.00 bits per heavy atom. The summed E-state index contributed by atoms with van der Waals surface area (Å²) in [7, 11) is 1.92. The molecule has 3 rings (SSSR count). The van der Waals surface area contributed by atoms with Gasteiger partial charge in [-0.15, -0.1) is 0 Å². The molecule has 1 aromatic carbocycles. The number of nitrogens with one attached hydrogen (secondary N) is 1. The number of carbonyl (C=O) groups excluding carboxylic acids is 1. The minimum Gasteiger partial charge on any atom is -0.305 e. The number of ketones is 1. The van der Waals surface area contributed by atoms with Gasteiger partial charge < -0.3 is 5.32 Å². The number of para-hydroxylation sites is 1. The van der Waals surface area contributed by atoms with Crippen LogP contribution in [0.25, 0.3) is 10.9 Å². The van der Waals surface area contributed by atoms with E-state index in [-0.39, 0.29) is 11.3 Å². The molecular formula is C15H19N3O. The Bertz CT molecular complexity index is 623. The summed E-state index contributed by atoms with van der Waals surface area (Å²) in [5.41, 5.74) is 1.60. The van der Waals surface area contributed by atoms with Crippen molar-refractivity contribution in [2.24, 2.45) is 7.05 Å². The molecule has 1 aliphatic heterocycles. The Morgan fingerprint density at radius 2 is 2.26 bits per heavy atom. The van der Waals surface area contributed by atoms with Gasteiger partial charge in [0.25, 0.3) is 0 Å². The lowest BCUT2D eigenvalue weighted by molar-refractivity contribution is -0.123. The second kappa shape index (κ2) is 4.46. The first-order valence-electron chi connectivity index (χ1n) is 6.79. The normalized spacial score (nSPS) is 23.1. The third-order valence-corrected chi connectivity index (χ3v) is 4.15. The van der Waals surface area contributed by atoms with Crippen molar-refractivity contribution >= 4 is 16.7 Å². The fourth-order valence-electron chi connectivity index (χ4n) is 2.90. The highest BCUT2D eigenvalue weighted by Crippen LogP contribution is 2.24. The van der Waals surface area contributed by atoms with E-state index < -0.39 is 0 Å². The second-order valence-electron chi connectivity index (χ2n) is 5.55. The lowest BCUT2D eigenvalue weighted by atomic mass is 9.91. The fraction of sp³-hybridized carbons (Fsp3) is 0.467. The Labute approximate surface area is 112 Å². The summed E-state index contributed by atoms with van der Waals surface area (Å²) >= 11 is 0. The number of Topliss-reactive ketones (excluding diaryl/α,β-unsaturated/α-hetero) is 1. The first kappa shape index (κ1) is 12.4. The van der Waals surface area contributed by atoms with Gasteiger partial charge in [-0.25, -0.2) is 0 Å². The average Bonchev–Trinajstić information content (AvgIpc) is 2.97. The van der Waals surface area contributed by atoms with E-state index in [1.54, 1.807) is 0 Å². The highest BCUT2D eigenvalue weighted by atomic mass is 16.1. The number of carbonyl (C=O) groups is 1. The number of benzene rings is 1. The maximum absolute atomic E-state index is 12.5. The minimum atomic E-state index is -0.362. The van der Waals surface area contributed by atoms with Crippen molar-refractivity contribution in [2.75, 3.05) is 6.54 Å². The highest BCUT2D eigenvalue weighted by molar-refractivity contribution is 5.93. The van der Waals surface area contributed by atoms with E-state index in [0.717, 1.165) is 36.0 Å². The van der Waals surface area contributed by atoms with Gasteiger partial charge in [0, 0.05) is 12.4 Å². The number of rotatable bonds is 3. The van der Waals surface area contributed by atoms with Crippen molar-refractivity contribution in [3.8, 4) is 0 Å². The number of aromatic nitrogens is 2. The van der Waals surface area contributed by atoms with Gasteiger partial charge in [-0.2, -0.15) is 5.10 Å². The lowest BCUT2D eigenvalue weighted by Gasteiger charge is -2.22. The molecule has 1 aromatic heterocycles. The van der Waals surface area contributed by atoms with Gasteiger partial charge >= 0.3 is 0 Å². The zero-order chi connectivity index (χ0) is 13.5. The van der Waals surface area contributed by atoms with Crippen LogP contribution in [0.5, 0.6) is 0 Å². The third kappa shape index (κ3) is 2.06. The molecule has 1 aliphatic rings. The largest absolute Gasteiger partial charge is 0.305 e. The van der Waals surface area contributed by atoms with Crippen LogP contribution in [-0.2, 0) is 18.3 Å². The van der Waals surface area contributed by atoms with E-state index in [4.69, 9.17) is 0 Å². The van der Waals surface area contributed by atoms with Crippen LogP contribution in [-0.4, -0.2) is 27.6 Å². The monoisotopic (exact) mass is 257 g/mol. The van der Waals surface area contributed by atoms with E-state index in [1.165, 1.54) is 0 Å². The van der Waals surface area contributed by atoms with E-state index in [9.17, 15) is 4.79 Å². The quantitative estimate of drug-likeness (QED) is 0.912. The van der Waals surface area contributed by atoms with Crippen molar-refractivity contribution in [1.82, 2.24) is 15.1 Å². The van der Waals surface area contributed by atoms with Gasteiger partial charge in [0.1, 0.15) is 0 Å². The Hall–Kier alpha value is -1.68. The predicted molar refractivity (Wildman–Crippen MR) is 75.1 cm³/mol. The minimum absolute atomic E-state index is 0.244. The summed E-state index contributed by atoms with van der Waals surface area (Å²) in [5, 5.41) is 8.91. The van der Waals surface area contributed by atoms with Crippen molar-refractivity contribution in [2.45, 2.75) is 31.7 Å². The molecule has 0 radical (unpaired) electrons. The molecule has 0 saturated carbocycles. The van der Waals surface area contributed by atoms with Crippen LogP contribution >= 0.6 is 0 Å². The number of fused-ring (bicyclic) bond motifs is 1. The molecule has 19 heavy (non-hydrogen) atoms. The lowest BCUT2D eigenvalue weighted by Crippen LogP contribution is -2.45. The van der Waals surface area contributed by atoms with Crippen molar-refractivity contribution < 1.29 is 4.79 Å². The molecule has 0 amide bonds. The van der Waals surface area contributed by atoms with Crippen LogP contribution in [0.3, 0.4) is 0 Å². The maximum atomic E-state index is 12.5. The van der Waals surface area contributed by atoms with Gasteiger partial charge in [-0.05, 0) is 32.4 Å². The first-order chi connectivity index (χ1) is 9.10. The predicted octanol–water partition coefficient (Wildman–Crippen LogP) is 1.83. The smallest absolute Gasteiger partial charge is 0.158 e. The van der Waals surface area contributed by atoms with Gasteiger partial charge in [0.15, 0.2) is 5.78 Å². The zero-order valence-electron chi connectivity index (χ0n) is 11.4. The summed E-state index contributed by atoms with van der Waals surface area (Å²) < 4.78 is 1.85. The number of aryl methyl sites for hydroxylation is 1. The molecule has 4 heteroatoms. The van der Waals surface area contributed by atoms with Crippen LogP contribution in [0, 0.1) is 0 Å². The maximum Gasteiger partial charge on any atom is 0.158 e.